The minimum Gasteiger partial charge on any atom is -0.300 e. The molecule has 74 valence electrons. The lowest BCUT2D eigenvalue weighted by atomic mass is 9.98. The van der Waals surface area contributed by atoms with Crippen molar-refractivity contribution in [3.63, 3.8) is 0 Å². The standard InChI is InChI=1S/C10H12N2O2/c1-7(5-8(2)13)10(14)9-3-4-11-6-12-9/h3-4,6-7H,5H2,1-2H3. The van der Waals surface area contributed by atoms with Crippen LogP contribution in [0.3, 0.4) is 0 Å². The van der Waals surface area contributed by atoms with Crippen molar-refractivity contribution in [2.24, 2.45) is 5.92 Å². The molecule has 1 aromatic heterocycles. The number of aromatic nitrogens is 2. The summed E-state index contributed by atoms with van der Waals surface area (Å²) in [5.74, 6) is -0.398. The van der Waals surface area contributed by atoms with Gasteiger partial charge in [-0.3, -0.25) is 4.79 Å². The van der Waals surface area contributed by atoms with Gasteiger partial charge in [0.05, 0.1) is 0 Å². The van der Waals surface area contributed by atoms with Crippen molar-refractivity contribution in [3.05, 3.63) is 24.3 Å². The number of ketones is 2. The summed E-state index contributed by atoms with van der Waals surface area (Å²) in [7, 11) is 0. The Morgan fingerprint density at radius 2 is 2.21 bits per heavy atom. The van der Waals surface area contributed by atoms with Crippen LogP contribution in [0.4, 0.5) is 0 Å². The summed E-state index contributed by atoms with van der Waals surface area (Å²) < 4.78 is 0. The van der Waals surface area contributed by atoms with E-state index in [1.54, 1.807) is 13.0 Å². The van der Waals surface area contributed by atoms with Crippen LogP contribution in [0.5, 0.6) is 0 Å². The second-order valence-corrected chi connectivity index (χ2v) is 3.27. The van der Waals surface area contributed by atoms with E-state index in [0.29, 0.717) is 5.69 Å². The zero-order chi connectivity index (χ0) is 10.6. The Labute approximate surface area is 82.4 Å². The fourth-order valence-corrected chi connectivity index (χ4v) is 1.21. The highest BCUT2D eigenvalue weighted by Crippen LogP contribution is 2.09. The maximum atomic E-state index is 11.6. The molecule has 0 spiro atoms. The van der Waals surface area contributed by atoms with E-state index in [1.807, 2.05) is 0 Å². The molecule has 0 aliphatic carbocycles. The van der Waals surface area contributed by atoms with Gasteiger partial charge in [-0.2, -0.15) is 0 Å². The van der Waals surface area contributed by atoms with Crippen molar-refractivity contribution in [2.45, 2.75) is 20.3 Å². The summed E-state index contributed by atoms with van der Waals surface area (Å²) in [5, 5.41) is 0. The van der Waals surface area contributed by atoms with Gasteiger partial charge in [0.2, 0.25) is 0 Å². The third-order valence-electron chi connectivity index (χ3n) is 1.88. The van der Waals surface area contributed by atoms with Crippen molar-refractivity contribution in [2.75, 3.05) is 0 Å². The molecule has 4 nitrogen and oxygen atoms in total. The van der Waals surface area contributed by atoms with Gasteiger partial charge in [-0.1, -0.05) is 6.92 Å². The number of hydrogen-bond donors (Lipinski definition) is 0. The Morgan fingerprint density at radius 3 is 2.71 bits per heavy atom. The van der Waals surface area contributed by atoms with E-state index in [1.165, 1.54) is 19.4 Å². The van der Waals surface area contributed by atoms with E-state index in [9.17, 15) is 9.59 Å². The fourth-order valence-electron chi connectivity index (χ4n) is 1.21. The summed E-state index contributed by atoms with van der Waals surface area (Å²) in [6.07, 6.45) is 3.11. The Kier molecular flexibility index (Phi) is 3.45. The first-order chi connectivity index (χ1) is 6.61. The molecule has 4 heteroatoms. The van der Waals surface area contributed by atoms with Gasteiger partial charge in [0.15, 0.2) is 5.78 Å². The van der Waals surface area contributed by atoms with Gasteiger partial charge in [-0.25, -0.2) is 9.97 Å². The number of nitrogens with zero attached hydrogens (tertiary/aromatic N) is 2. The molecule has 14 heavy (non-hydrogen) atoms. The number of carbonyl (C=O) groups is 2. The predicted molar refractivity (Wildman–Crippen MR) is 50.8 cm³/mol. The molecular weight excluding hydrogens is 180 g/mol. The van der Waals surface area contributed by atoms with E-state index >= 15 is 0 Å². The van der Waals surface area contributed by atoms with Crippen LogP contribution in [0.1, 0.15) is 30.8 Å². The van der Waals surface area contributed by atoms with Crippen molar-refractivity contribution in [1.82, 2.24) is 9.97 Å². The Hall–Kier alpha value is -1.58. The van der Waals surface area contributed by atoms with E-state index < -0.39 is 0 Å². The Bertz CT molecular complexity index is 335. The van der Waals surface area contributed by atoms with Crippen LogP contribution in [-0.2, 0) is 4.79 Å². The maximum Gasteiger partial charge on any atom is 0.184 e. The van der Waals surface area contributed by atoms with Crippen LogP contribution >= 0.6 is 0 Å². The number of rotatable bonds is 4. The number of hydrogen-bond acceptors (Lipinski definition) is 4. The molecule has 1 atom stereocenters. The van der Waals surface area contributed by atoms with Gasteiger partial charge in [0.25, 0.3) is 0 Å². The van der Waals surface area contributed by atoms with Gasteiger partial charge in [-0.15, -0.1) is 0 Å². The molecule has 1 aromatic rings. The summed E-state index contributed by atoms with van der Waals surface area (Å²) in [6, 6.07) is 1.55. The minimum atomic E-state index is -0.303. The molecule has 0 aliphatic heterocycles. The third kappa shape index (κ3) is 2.73. The molecule has 1 heterocycles. The molecule has 0 aromatic carbocycles. The van der Waals surface area contributed by atoms with E-state index in [4.69, 9.17) is 0 Å². The SMILES string of the molecule is CC(=O)CC(C)C(=O)c1ccncn1. The van der Waals surface area contributed by atoms with Crippen LogP contribution in [0.15, 0.2) is 18.6 Å². The first-order valence-electron chi connectivity index (χ1n) is 4.41. The lowest BCUT2D eigenvalue weighted by Crippen LogP contribution is -2.15. The van der Waals surface area contributed by atoms with E-state index in [0.717, 1.165) is 0 Å². The molecule has 0 bridgehead atoms. The molecule has 0 N–H and O–H groups in total. The zero-order valence-corrected chi connectivity index (χ0v) is 8.23. The quantitative estimate of drug-likeness (QED) is 0.674. The second-order valence-electron chi connectivity index (χ2n) is 3.27. The van der Waals surface area contributed by atoms with Crippen LogP contribution in [0, 0.1) is 5.92 Å². The highest BCUT2D eigenvalue weighted by Gasteiger charge is 2.17. The average Bonchev–Trinajstić information content (AvgIpc) is 2.17. The number of carbonyl (C=O) groups excluding carboxylic acids is 2. The Morgan fingerprint density at radius 1 is 1.50 bits per heavy atom. The van der Waals surface area contributed by atoms with Crippen LogP contribution < -0.4 is 0 Å². The molecule has 0 saturated heterocycles. The van der Waals surface area contributed by atoms with Crippen molar-refractivity contribution >= 4 is 11.6 Å². The van der Waals surface area contributed by atoms with Crippen molar-refractivity contribution < 1.29 is 9.59 Å². The monoisotopic (exact) mass is 192 g/mol. The number of Topliss-reactive ketones (excluding diaryl/α,β-unsaturated/α-hetero) is 2. The molecule has 1 rings (SSSR count). The van der Waals surface area contributed by atoms with Crippen LogP contribution in [0.2, 0.25) is 0 Å². The van der Waals surface area contributed by atoms with E-state index in [2.05, 4.69) is 9.97 Å². The smallest absolute Gasteiger partial charge is 0.184 e. The molecular formula is C10H12N2O2. The van der Waals surface area contributed by atoms with Crippen LogP contribution in [0.25, 0.3) is 0 Å². The largest absolute Gasteiger partial charge is 0.300 e. The molecule has 0 amide bonds. The minimum absolute atomic E-state index is 0.0138. The first kappa shape index (κ1) is 10.5. The van der Waals surface area contributed by atoms with Crippen LogP contribution in [-0.4, -0.2) is 21.5 Å². The topological polar surface area (TPSA) is 59.9 Å². The van der Waals surface area contributed by atoms with Gasteiger partial charge in [-0.05, 0) is 13.0 Å². The summed E-state index contributed by atoms with van der Waals surface area (Å²) >= 11 is 0. The summed E-state index contributed by atoms with van der Waals surface area (Å²) in [5.41, 5.74) is 0.369. The van der Waals surface area contributed by atoms with E-state index in [-0.39, 0.29) is 23.9 Å². The van der Waals surface area contributed by atoms with Gasteiger partial charge >= 0.3 is 0 Å². The molecule has 0 aliphatic rings. The summed E-state index contributed by atoms with van der Waals surface area (Å²) in [6.45, 7) is 3.20. The fraction of sp³-hybridized carbons (Fsp3) is 0.400. The molecule has 0 saturated carbocycles. The lowest BCUT2D eigenvalue weighted by molar-refractivity contribution is -0.117. The molecule has 0 fully saturated rings. The second kappa shape index (κ2) is 4.60. The van der Waals surface area contributed by atoms with Gasteiger partial charge < -0.3 is 4.79 Å². The lowest BCUT2D eigenvalue weighted by Gasteiger charge is -2.06. The van der Waals surface area contributed by atoms with Gasteiger partial charge in [0.1, 0.15) is 17.8 Å². The Balaban J connectivity index is 2.71. The predicted octanol–water partition coefficient (Wildman–Crippen LogP) is 1.27. The normalized spacial score (nSPS) is 12.1. The summed E-state index contributed by atoms with van der Waals surface area (Å²) in [4.78, 5) is 30.0. The molecule has 1 unspecified atom stereocenters. The zero-order valence-electron chi connectivity index (χ0n) is 8.23. The van der Waals surface area contributed by atoms with Gasteiger partial charge in [0, 0.05) is 18.5 Å². The first-order valence-corrected chi connectivity index (χ1v) is 4.41. The highest BCUT2D eigenvalue weighted by molar-refractivity contribution is 5.97. The van der Waals surface area contributed by atoms with Crippen molar-refractivity contribution in [1.29, 1.82) is 0 Å². The maximum absolute atomic E-state index is 11.6. The third-order valence-corrected chi connectivity index (χ3v) is 1.88. The van der Waals surface area contributed by atoms with Crippen molar-refractivity contribution in [3.8, 4) is 0 Å². The highest BCUT2D eigenvalue weighted by atomic mass is 16.1. The average molecular weight is 192 g/mol. The molecule has 0 radical (unpaired) electrons.